The van der Waals surface area contributed by atoms with Crippen LogP contribution in [0.4, 0.5) is 0 Å². The van der Waals surface area contributed by atoms with Crippen LogP contribution in [0, 0.1) is 0 Å². The highest BCUT2D eigenvalue weighted by Crippen LogP contribution is 2.43. The van der Waals surface area contributed by atoms with Gasteiger partial charge >= 0.3 is 0 Å². The van der Waals surface area contributed by atoms with E-state index in [1.807, 2.05) is 6.07 Å². The number of fused-ring (bicyclic) bond motifs is 9. The Hall–Kier alpha value is -6.06. The van der Waals surface area contributed by atoms with Gasteiger partial charge in [-0.25, -0.2) is 0 Å². The number of nitrogens with zero attached hydrogens (tertiary/aromatic N) is 2. The molecule has 0 N–H and O–H groups in total. The summed E-state index contributed by atoms with van der Waals surface area (Å²) in [6.45, 7) is 0. The van der Waals surface area contributed by atoms with Crippen molar-refractivity contribution in [2.24, 2.45) is 0 Å². The maximum absolute atomic E-state index is 6.63. The molecule has 0 spiro atoms. The van der Waals surface area contributed by atoms with Gasteiger partial charge in [0.2, 0.25) is 0 Å². The number of hydrogen-bond donors (Lipinski definition) is 0. The monoisotopic (exact) mass is 574 g/mol. The van der Waals surface area contributed by atoms with Gasteiger partial charge in [-0.1, -0.05) is 103 Å². The minimum absolute atomic E-state index is 0.895. The van der Waals surface area contributed by atoms with Gasteiger partial charge in [-0.15, -0.1) is 0 Å². The van der Waals surface area contributed by atoms with Gasteiger partial charge in [0.25, 0.3) is 0 Å². The summed E-state index contributed by atoms with van der Waals surface area (Å²) in [4.78, 5) is 0. The van der Waals surface area contributed by atoms with Crippen molar-refractivity contribution in [1.29, 1.82) is 0 Å². The minimum Gasteiger partial charge on any atom is -0.455 e. The molecule has 0 atom stereocenters. The van der Waals surface area contributed by atoms with Crippen LogP contribution < -0.4 is 0 Å². The number of furan rings is 1. The lowest BCUT2D eigenvalue weighted by Crippen LogP contribution is -1.97. The Balaban J connectivity index is 1.30. The van der Waals surface area contributed by atoms with Gasteiger partial charge < -0.3 is 13.6 Å². The summed E-state index contributed by atoms with van der Waals surface area (Å²) in [5.41, 5.74) is 11.1. The standard InChI is InChI=1S/C42H26N2O/c1-2-12-27(13-3-1)29-23-25-39(41-33-17-7-11-21-40(33)45-42(29)41)44-37-20-10-6-16-32(37)34-26-28(22-24-38(34)44)43-35-18-8-4-14-30(35)31-15-5-9-19-36(31)43/h1-26H. The van der Waals surface area contributed by atoms with Crippen molar-refractivity contribution in [3.63, 3.8) is 0 Å². The van der Waals surface area contributed by atoms with E-state index in [4.69, 9.17) is 4.42 Å². The molecule has 45 heavy (non-hydrogen) atoms. The zero-order valence-corrected chi connectivity index (χ0v) is 24.3. The number of rotatable bonds is 3. The lowest BCUT2D eigenvalue weighted by Gasteiger charge is -2.13. The summed E-state index contributed by atoms with van der Waals surface area (Å²) in [7, 11) is 0. The molecule has 3 heteroatoms. The first-order valence-electron chi connectivity index (χ1n) is 15.4. The van der Waals surface area contributed by atoms with E-state index >= 15 is 0 Å². The second-order valence-corrected chi connectivity index (χ2v) is 11.7. The third-order valence-corrected chi connectivity index (χ3v) is 9.32. The molecule has 0 fully saturated rings. The maximum atomic E-state index is 6.63. The lowest BCUT2D eigenvalue weighted by atomic mass is 10.0. The molecule has 210 valence electrons. The molecular weight excluding hydrogens is 548 g/mol. The van der Waals surface area contributed by atoms with Gasteiger partial charge in [-0.3, -0.25) is 0 Å². The molecule has 0 amide bonds. The Morgan fingerprint density at radius 1 is 0.400 bits per heavy atom. The molecule has 7 aromatic carbocycles. The summed E-state index contributed by atoms with van der Waals surface area (Å²) in [6, 6.07) is 56.4. The summed E-state index contributed by atoms with van der Waals surface area (Å²) in [6.07, 6.45) is 0. The van der Waals surface area contributed by atoms with Crippen LogP contribution in [-0.2, 0) is 0 Å². The molecule has 10 rings (SSSR count). The van der Waals surface area contributed by atoms with Crippen molar-refractivity contribution in [3.05, 3.63) is 158 Å². The van der Waals surface area contributed by atoms with Gasteiger partial charge in [-0.05, 0) is 60.2 Å². The smallest absolute Gasteiger partial charge is 0.145 e. The fraction of sp³-hybridized carbons (Fsp3) is 0. The van der Waals surface area contributed by atoms with E-state index in [0.29, 0.717) is 0 Å². The summed E-state index contributed by atoms with van der Waals surface area (Å²) < 4.78 is 11.4. The van der Waals surface area contributed by atoms with Gasteiger partial charge in [0.05, 0.1) is 33.1 Å². The largest absolute Gasteiger partial charge is 0.455 e. The molecule has 10 aromatic rings. The van der Waals surface area contributed by atoms with Crippen LogP contribution in [0.2, 0.25) is 0 Å². The Morgan fingerprint density at radius 3 is 1.67 bits per heavy atom. The van der Waals surface area contributed by atoms with Crippen LogP contribution in [0.15, 0.2) is 162 Å². The van der Waals surface area contributed by atoms with Gasteiger partial charge in [0.15, 0.2) is 0 Å². The van der Waals surface area contributed by atoms with E-state index in [1.54, 1.807) is 0 Å². The topological polar surface area (TPSA) is 23.0 Å². The Kier molecular flexibility index (Phi) is 5.00. The van der Waals surface area contributed by atoms with Crippen LogP contribution in [0.1, 0.15) is 0 Å². The molecule has 3 aromatic heterocycles. The molecule has 0 unspecified atom stereocenters. The van der Waals surface area contributed by atoms with Gasteiger partial charge in [0.1, 0.15) is 11.2 Å². The highest BCUT2D eigenvalue weighted by atomic mass is 16.3. The van der Waals surface area contributed by atoms with Gasteiger partial charge in [0, 0.05) is 38.2 Å². The van der Waals surface area contributed by atoms with Crippen molar-refractivity contribution in [3.8, 4) is 22.5 Å². The highest BCUT2D eigenvalue weighted by Gasteiger charge is 2.21. The number of para-hydroxylation sites is 4. The Labute approximate surface area is 258 Å². The Bertz CT molecular complexity index is 2710. The zero-order chi connectivity index (χ0) is 29.5. The molecular formula is C42H26N2O. The summed E-state index contributed by atoms with van der Waals surface area (Å²) >= 11 is 0. The van der Waals surface area contributed by atoms with Crippen LogP contribution in [0.5, 0.6) is 0 Å². The van der Waals surface area contributed by atoms with Gasteiger partial charge in [-0.2, -0.15) is 0 Å². The lowest BCUT2D eigenvalue weighted by molar-refractivity contribution is 0.670. The van der Waals surface area contributed by atoms with Crippen molar-refractivity contribution >= 4 is 65.6 Å². The van der Waals surface area contributed by atoms with Crippen LogP contribution >= 0.6 is 0 Å². The van der Waals surface area contributed by atoms with Crippen LogP contribution in [0.25, 0.3) is 88.1 Å². The van der Waals surface area contributed by atoms with Crippen LogP contribution in [-0.4, -0.2) is 9.13 Å². The van der Waals surface area contributed by atoms with Crippen molar-refractivity contribution in [2.45, 2.75) is 0 Å². The fourth-order valence-electron chi connectivity index (χ4n) is 7.40. The highest BCUT2D eigenvalue weighted by molar-refractivity contribution is 6.17. The van der Waals surface area contributed by atoms with E-state index in [2.05, 4.69) is 161 Å². The van der Waals surface area contributed by atoms with E-state index in [9.17, 15) is 0 Å². The van der Waals surface area contributed by atoms with Crippen molar-refractivity contribution < 1.29 is 4.42 Å². The van der Waals surface area contributed by atoms with Crippen LogP contribution in [0.3, 0.4) is 0 Å². The first-order valence-corrected chi connectivity index (χ1v) is 15.4. The molecule has 0 saturated heterocycles. The van der Waals surface area contributed by atoms with E-state index in [-0.39, 0.29) is 0 Å². The SMILES string of the molecule is c1ccc(-c2ccc(-n3c4ccccc4c4cc(-n5c6ccccc6c6ccccc65)ccc43)c3c2oc2ccccc23)cc1. The van der Waals surface area contributed by atoms with E-state index in [0.717, 1.165) is 44.4 Å². The van der Waals surface area contributed by atoms with Crippen molar-refractivity contribution in [2.75, 3.05) is 0 Å². The molecule has 0 aliphatic heterocycles. The number of aromatic nitrogens is 2. The molecule has 0 saturated carbocycles. The molecule has 0 aliphatic carbocycles. The first kappa shape index (κ1) is 24.4. The second-order valence-electron chi connectivity index (χ2n) is 11.7. The average Bonchev–Trinajstić information content (AvgIpc) is 3.76. The van der Waals surface area contributed by atoms with E-state index < -0.39 is 0 Å². The summed E-state index contributed by atoms with van der Waals surface area (Å²) in [5, 5.41) is 7.22. The first-order chi connectivity index (χ1) is 22.3. The third kappa shape index (κ3) is 3.41. The molecule has 3 nitrogen and oxygen atoms in total. The molecule has 0 radical (unpaired) electrons. The molecule has 0 aliphatic rings. The zero-order valence-electron chi connectivity index (χ0n) is 24.3. The maximum Gasteiger partial charge on any atom is 0.145 e. The normalized spacial score (nSPS) is 12.0. The second kappa shape index (κ2) is 9.22. The van der Waals surface area contributed by atoms with Crippen molar-refractivity contribution in [1.82, 2.24) is 9.13 Å². The third-order valence-electron chi connectivity index (χ3n) is 9.32. The molecule has 0 bridgehead atoms. The quantitative estimate of drug-likeness (QED) is 0.206. The Morgan fingerprint density at radius 2 is 0.956 bits per heavy atom. The predicted octanol–water partition coefficient (Wildman–Crippen LogP) is 11.4. The fourth-order valence-corrected chi connectivity index (χ4v) is 7.40. The molecule has 3 heterocycles. The van der Waals surface area contributed by atoms with E-state index in [1.165, 1.54) is 43.6 Å². The summed E-state index contributed by atoms with van der Waals surface area (Å²) in [5.74, 6) is 0. The minimum atomic E-state index is 0.895. The predicted molar refractivity (Wildman–Crippen MR) is 188 cm³/mol. The number of benzene rings is 7. The average molecular weight is 575 g/mol. The number of hydrogen-bond acceptors (Lipinski definition) is 1.